The second kappa shape index (κ2) is 7.81. The van der Waals surface area contributed by atoms with Crippen LogP contribution in [0.1, 0.15) is 47.8 Å². The molecule has 2 aromatic rings. The summed E-state index contributed by atoms with van der Waals surface area (Å²) >= 11 is 0. The molecule has 0 atom stereocenters. The van der Waals surface area contributed by atoms with Crippen LogP contribution in [0.4, 0.5) is 19.0 Å². The number of rotatable bonds is 5. The van der Waals surface area contributed by atoms with E-state index in [1.807, 2.05) is 30.4 Å². The fourth-order valence-corrected chi connectivity index (χ4v) is 3.47. The van der Waals surface area contributed by atoms with Crippen molar-refractivity contribution >= 4 is 11.7 Å². The minimum Gasteiger partial charge on any atom is -0.350 e. The van der Waals surface area contributed by atoms with Gasteiger partial charge in [-0.2, -0.15) is 13.2 Å². The Morgan fingerprint density at radius 1 is 1.29 bits per heavy atom. The van der Waals surface area contributed by atoms with Gasteiger partial charge in [0.25, 0.3) is 5.91 Å². The molecule has 3 rings (SSSR count). The average Bonchev–Trinajstić information content (AvgIpc) is 3.01. The van der Waals surface area contributed by atoms with Crippen LogP contribution in [0.2, 0.25) is 0 Å². The van der Waals surface area contributed by atoms with Crippen LogP contribution in [0.25, 0.3) is 0 Å². The first-order chi connectivity index (χ1) is 13.3. The summed E-state index contributed by atoms with van der Waals surface area (Å²) < 4.78 is 40.0. The SMILES string of the molecule is CCCN(CC)C(=O)c1nc2c(n1C)CCN(c1ccc(C(F)(F)F)cn1)C2. The molecule has 2 aromatic heterocycles. The van der Waals surface area contributed by atoms with Crippen LogP contribution in [-0.4, -0.2) is 45.0 Å². The zero-order valence-electron chi connectivity index (χ0n) is 16.3. The highest BCUT2D eigenvalue weighted by Gasteiger charge is 2.32. The van der Waals surface area contributed by atoms with E-state index in [1.165, 1.54) is 6.07 Å². The molecule has 0 aromatic carbocycles. The second-order valence-corrected chi connectivity index (χ2v) is 6.85. The number of alkyl halides is 3. The van der Waals surface area contributed by atoms with Gasteiger partial charge in [-0.1, -0.05) is 6.92 Å². The lowest BCUT2D eigenvalue weighted by Gasteiger charge is -2.27. The van der Waals surface area contributed by atoms with E-state index >= 15 is 0 Å². The number of hydrogen-bond acceptors (Lipinski definition) is 4. The van der Waals surface area contributed by atoms with Crippen molar-refractivity contribution in [1.29, 1.82) is 0 Å². The maximum atomic E-state index is 12.8. The summed E-state index contributed by atoms with van der Waals surface area (Å²) in [6.45, 7) is 6.27. The van der Waals surface area contributed by atoms with Crippen LogP contribution in [-0.2, 0) is 26.2 Å². The van der Waals surface area contributed by atoms with Gasteiger partial charge < -0.3 is 14.4 Å². The fourth-order valence-electron chi connectivity index (χ4n) is 3.47. The smallest absolute Gasteiger partial charge is 0.350 e. The quantitative estimate of drug-likeness (QED) is 0.780. The van der Waals surface area contributed by atoms with E-state index in [2.05, 4.69) is 9.97 Å². The molecule has 9 heteroatoms. The third-order valence-electron chi connectivity index (χ3n) is 5.01. The Morgan fingerprint density at radius 2 is 2.04 bits per heavy atom. The molecule has 28 heavy (non-hydrogen) atoms. The number of carbonyl (C=O) groups excluding carboxylic acids is 1. The molecule has 152 valence electrons. The highest BCUT2D eigenvalue weighted by atomic mass is 19.4. The average molecular weight is 395 g/mol. The number of pyridine rings is 1. The zero-order valence-corrected chi connectivity index (χ0v) is 16.3. The Hall–Kier alpha value is -2.58. The van der Waals surface area contributed by atoms with Crippen molar-refractivity contribution in [3.63, 3.8) is 0 Å². The number of nitrogens with zero attached hydrogens (tertiary/aromatic N) is 5. The van der Waals surface area contributed by atoms with Crippen molar-refractivity contribution in [2.45, 2.75) is 39.4 Å². The van der Waals surface area contributed by atoms with E-state index in [0.29, 0.717) is 44.2 Å². The third-order valence-corrected chi connectivity index (χ3v) is 5.01. The molecule has 6 nitrogen and oxygen atoms in total. The third kappa shape index (κ3) is 3.83. The van der Waals surface area contributed by atoms with Gasteiger partial charge in [-0.15, -0.1) is 0 Å². The van der Waals surface area contributed by atoms with Crippen molar-refractivity contribution in [2.24, 2.45) is 7.05 Å². The second-order valence-electron chi connectivity index (χ2n) is 6.85. The predicted molar refractivity (Wildman–Crippen MR) is 99.1 cm³/mol. The molecule has 0 saturated heterocycles. The van der Waals surface area contributed by atoms with Gasteiger partial charge in [0.1, 0.15) is 5.82 Å². The number of carbonyl (C=O) groups is 1. The number of anilines is 1. The lowest BCUT2D eigenvalue weighted by molar-refractivity contribution is -0.137. The van der Waals surface area contributed by atoms with E-state index in [1.54, 1.807) is 4.90 Å². The first kappa shape index (κ1) is 20.2. The molecule has 0 unspecified atom stereocenters. The first-order valence-corrected chi connectivity index (χ1v) is 9.38. The van der Waals surface area contributed by atoms with Crippen LogP contribution < -0.4 is 4.90 Å². The Kier molecular flexibility index (Phi) is 5.62. The molecule has 0 bridgehead atoms. The van der Waals surface area contributed by atoms with Crippen LogP contribution in [0.5, 0.6) is 0 Å². The van der Waals surface area contributed by atoms with Gasteiger partial charge in [0.05, 0.1) is 17.8 Å². The normalized spacial score (nSPS) is 14.1. The minimum absolute atomic E-state index is 0.0968. The molecular weight excluding hydrogens is 371 g/mol. The van der Waals surface area contributed by atoms with Crippen molar-refractivity contribution < 1.29 is 18.0 Å². The molecule has 0 aliphatic carbocycles. The van der Waals surface area contributed by atoms with E-state index in [0.717, 1.165) is 30.1 Å². The Bertz CT molecular complexity index is 844. The van der Waals surface area contributed by atoms with E-state index < -0.39 is 11.7 Å². The van der Waals surface area contributed by atoms with E-state index in [-0.39, 0.29) is 5.91 Å². The summed E-state index contributed by atoms with van der Waals surface area (Å²) in [4.78, 5) is 25.0. The van der Waals surface area contributed by atoms with Crippen molar-refractivity contribution in [1.82, 2.24) is 19.4 Å². The highest BCUT2D eigenvalue weighted by Crippen LogP contribution is 2.30. The number of aromatic nitrogens is 3. The summed E-state index contributed by atoms with van der Waals surface area (Å²) in [5.41, 5.74) is 0.987. The molecule has 0 fully saturated rings. The standard InChI is InChI=1S/C19H24F3N5O/c1-4-9-26(5-2)18(28)17-24-14-12-27(10-8-15(14)25(17)3)16-7-6-13(11-23-16)19(20,21)22/h6-7,11H,4-5,8-10,12H2,1-3H3. The Labute approximate surface area is 162 Å². The molecule has 0 radical (unpaired) electrons. The number of amides is 1. The van der Waals surface area contributed by atoms with Crippen LogP contribution >= 0.6 is 0 Å². The molecule has 3 heterocycles. The zero-order chi connectivity index (χ0) is 20.5. The maximum absolute atomic E-state index is 12.8. The van der Waals surface area contributed by atoms with Gasteiger partial charge in [0, 0.05) is 45.0 Å². The summed E-state index contributed by atoms with van der Waals surface area (Å²) in [6.07, 6.45) is -2.03. The number of halogens is 3. The van der Waals surface area contributed by atoms with Crippen LogP contribution in [0, 0.1) is 0 Å². The maximum Gasteiger partial charge on any atom is 0.417 e. The van der Waals surface area contributed by atoms with Crippen molar-refractivity contribution in [3.8, 4) is 0 Å². The Morgan fingerprint density at radius 3 is 2.61 bits per heavy atom. The predicted octanol–water partition coefficient (Wildman–Crippen LogP) is 3.27. The summed E-state index contributed by atoms with van der Waals surface area (Å²) in [5, 5.41) is 0. The van der Waals surface area contributed by atoms with Gasteiger partial charge in [0.2, 0.25) is 0 Å². The molecule has 0 saturated carbocycles. The molecule has 1 amide bonds. The van der Waals surface area contributed by atoms with Gasteiger partial charge in [0.15, 0.2) is 5.82 Å². The summed E-state index contributed by atoms with van der Waals surface area (Å²) in [7, 11) is 1.84. The fraction of sp³-hybridized carbons (Fsp3) is 0.526. The molecular formula is C19H24F3N5O. The highest BCUT2D eigenvalue weighted by molar-refractivity contribution is 5.91. The van der Waals surface area contributed by atoms with Crippen LogP contribution in [0.3, 0.4) is 0 Å². The van der Waals surface area contributed by atoms with E-state index in [4.69, 9.17) is 0 Å². The first-order valence-electron chi connectivity index (χ1n) is 9.38. The topological polar surface area (TPSA) is 54.3 Å². The number of hydrogen-bond donors (Lipinski definition) is 0. The molecule has 0 spiro atoms. The molecule has 1 aliphatic heterocycles. The number of imidazole rings is 1. The minimum atomic E-state index is -4.40. The van der Waals surface area contributed by atoms with Gasteiger partial charge in [-0.25, -0.2) is 9.97 Å². The van der Waals surface area contributed by atoms with E-state index in [9.17, 15) is 18.0 Å². The largest absolute Gasteiger partial charge is 0.417 e. The summed E-state index contributed by atoms with van der Waals surface area (Å²) in [5.74, 6) is 0.779. The Balaban J connectivity index is 1.81. The van der Waals surface area contributed by atoms with Crippen molar-refractivity contribution in [2.75, 3.05) is 24.5 Å². The van der Waals surface area contributed by atoms with Crippen molar-refractivity contribution in [3.05, 3.63) is 41.1 Å². The lowest BCUT2D eigenvalue weighted by atomic mass is 10.1. The lowest BCUT2D eigenvalue weighted by Crippen LogP contribution is -2.33. The molecule has 0 N–H and O–H groups in total. The monoisotopic (exact) mass is 395 g/mol. The molecule has 1 aliphatic rings. The van der Waals surface area contributed by atoms with Gasteiger partial charge in [-0.3, -0.25) is 4.79 Å². The van der Waals surface area contributed by atoms with Crippen LogP contribution in [0.15, 0.2) is 18.3 Å². The van der Waals surface area contributed by atoms with Gasteiger partial charge >= 0.3 is 6.18 Å². The summed E-state index contributed by atoms with van der Waals surface area (Å²) in [6, 6.07) is 2.41. The van der Waals surface area contributed by atoms with Gasteiger partial charge in [-0.05, 0) is 25.5 Å². The number of fused-ring (bicyclic) bond motifs is 1.